The maximum absolute atomic E-state index is 12.1. The summed E-state index contributed by atoms with van der Waals surface area (Å²) in [4.78, 5) is 35.5. The summed E-state index contributed by atoms with van der Waals surface area (Å²) in [5.41, 5.74) is 0.563. The van der Waals surface area contributed by atoms with E-state index < -0.39 is 0 Å². The summed E-state index contributed by atoms with van der Waals surface area (Å²) in [6.07, 6.45) is 6.68. The SMILES string of the molecule is CN1CC(=O)N(c2ccc(N[C@H]3CC[C@H](Nc4noc(C5(C)CC5)n4)C3)nc2)C1=O. The average molecular weight is 411 g/mol. The molecule has 0 radical (unpaired) electrons. The van der Waals surface area contributed by atoms with Crippen molar-refractivity contribution in [2.75, 3.05) is 29.1 Å². The van der Waals surface area contributed by atoms with Gasteiger partial charge in [-0.2, -0.15) is 4.98 Å². The average Bonchev–Trinajstić information content (AvgIpc) is 3.06. The fraction of sp³-hybridized carbons (Fsp3) is 0.550. The van der Waals surface area contributed by atoms with Gasteiger partial charge in [0.25, 0.3) is 11.9 Å². The van der Waals surface area contributed by atoms with E-state index in [1.54, 1.807) is 25.4 Å². The molecular weight excluding hydrogens is 386 g/mol. The number of urea groups is 1. The van der Waals surface area contributed by atoms with Gasteiger partial charge >= 0.3 is 6.03 Å². The van der Waals surface area contributed by atoms with Gasteiger partial charge in [-0.15, -0.1) is 0 Å². The number of carbonyl (C=O) groups excluding carboxylic acids is 2. The van der Waals surface area contributed by atoms with E-state index in [-0.39, 0.29) is 36.0 Å². The van der Waals surface area contributed by atoms with Crippen LogP contribution in [0.3, 0.4) is 0 Å². The third-order valence-electron chi connectivity index (χ3n) is 6.21. The Bertz CT molecular complexity index is 969. The first-order chi connectivity index (χ1) is 14.4. The van der Waals surface area contributed by atoms with Crippen LogP contribution < -0.4 is 15.5 Å². The van der Waals surface area contributed by atoms with Crippen molar-refractivity contribution >= 4 is 29.4 Å². The number of imide groups is 1. The Kier molecular flexibility index (Phi) is 4.37. The Labute approximate surface area is 174 Å². The molecule has 2 saturated carbocycles. The van der Waals surface area contributed by atoms with E-state index in [0.717, 1.165) is 48.7 Å². The van der Waals surface area contributed by atoms with E-state index in [9.17, 15) is 9.59 Å². The zero-order valence-corrected chi connectivity index (χ0v) is 17.1. The number of anilines is 3. The molecule has 2 aromatic rings. The van der Waals surface area contributed by atoms with E-state index in [1.165, 1.54) is 4.90 Å². The molecule has 3 amide bonds. The fourth-order valence-corrected chi connectivity index (χ4v) is 4.04. The van der Waals surface area contributed by atoms with Crippen LogP contribution in [0.4, 0.5) is 22.2 Å². The number of nitrogens with zero attached hydrogens (tertiary/aromatic N) is 5. The minimum Gasteiger partial charge on any atom is -0.367 e. The molecule has 2 aromatic heterocycles. The standard InChI is InChI=1S/C20H25N7O3/c1-20(7-8-20)17-24-18(25-30-17)23-13-4-3-12(9-13)22-15-6-5-14(10-21-15)27-16(28)11-26(2)19(27)29/h5-6,10,12-13H,3-4,7-9,11H2,1-2H3,(H,21,22)(H,23,25)/t12-,13-/m0/s1. The number of hydrogen-bond acceptors (Lipinski definition) is 8. The smallest absolute Gasteiger partial charge is 0.331 e. The number of nitrogens with one attached hydrogen (secondary N) is 2. The van der Waals surface area contributed by atoms with Gasteiger partial charge in [0.2, 0.25) is 5.89 Å². The molecule has 0 bridgehead atoms. The van der Waals surface area contributed by atoms with Gasteiger partial charge in [0, 0.05) is 24.5 Å². The summed E-state index contributed by atoms with van der Waals surface area (Å²) >= 11 is 0. The lowest BCUT2D eigenvalue weighted by Gasteiger charge is -2.16. The lowest BCUT2D eigenvalue weighted by Crippen LogP contribution is -2.31. The van der Waals surface area contributed by atoms with Crippen LogP contribution in [-0.4, -0.2) is 57.6 Å². The first kappa shape index (κ1) is 18.8. The van der Waals surface area contributed by atoms with Crippen LogP contribution in [0.25, 0.3) is 0 Å². The second kappa shape index (κ2) is 6.96. The second-order valence-corrected chi connectivity index (χ2v) is 8.75. The van der Waals surface area contributed by atoms with Crippen molar-refractivity contribution in [3.63, 3.8) is 0 Å². The van der Waals surface area contributed by atoms with Crippen molar-refractivity contribution < 1.29 is 14.1 Å². The predicted molar refractivity (Wildman–Crippen MR) is 109 cm³/mol. The summed E-state index contributed by atoms with van der Waals surface area (Å²) in [5, 5.41) is 10.9. The molecule has 2 N–H and O–H groups in total. The van der Waals surface area contributed by atoms with Crippen molar-refractivity contribution in [2.24, 2.45) is 0 Å². The van der Waals surface area contributed by atoms with Crippen molar-refractivity contribution in [2.45, 2.75) is 56.5 Å². The summed E-state index contributed by atoms with van der Waals surface area (Å²) < 4.78 is 5.40. The van der Waals surface area contributed by atoms with Crippen LogP contribution in [0.15, 0.2) is 22.9 Å². The highest BCUT2D eigenvalue weighted by molar-refractivity contribution is 6.19. The first-order valence-corrected chi connectivity index (χ1v) is 10.3. The van der Waals surface area contributed by atoms with Crippen molar-refractivity contribution in [3.05, 3.63) is 24.2 Å². The number of pyridine rings is 1. The lowest BCUT2D eigenvalue weighted by atomic mass is 10.1. The van der Waals surface area contributed by atoms with Crippen molar-refractivity contribution in [1.29, 1.82) is 0 Å². The Balaban J connectivity index is 1.16. The van der Waals surface area contributed by atoms with Gasteiger partial charge < -0.3 is 20.1 Å². The Morgan fingerprint density at radius 1 is 1.17 bits per heavy atom. The molecule has 5 rings (SSSR count). The molecule has 2 atom stereocenters. The Hall–Kier alpha value is -3.17. The van der Waals surface area contributed by atoms with Crippen LogP contribution in [0.1, 0.15) is 44.9 Å². The van der Waals surface area contributed by atoms with Gasteiger partial charge in [0.05, 0.1) is 11.9 Å². The van der Waals surface area contributed by atoms with E-state index in [2.05, 4.69) is 32.7 Å². The first-order valence-electron chi connectivity index (χ1n) is 10.3. The molecule has 1 aliphatic heterocycles. The normalized spacial score (nSPS) is 25.1. The molecule has 10 heteroatoms. The van der Waals surface area contributed by atoms with Crippen LogP contribution in [0, 0.1) is 0 Å². The summed E-state index contributed by atoms with van der Waals surface area (Å²) in [6, 6.07) is 3.77. The molecular formula is C20H25N7O3. The topological polar surface area (TPSA) is 116 Å². The number of aromatic nitrogens is 3. The van der Waals surface area contributed by atoms with Gasteiger partial charge in [-0.05, 0) is 49.4 Å². The zero-order chi connectivity index (χ0) is 20.9. The van der Waals surface area contributed by atoms with E-state index in [1.807, 2.05) is 0 Å². The van der Waals surface area contributed by atoms with Crippen molar-refractivity contribution in [1.82, 2.24) is 20.0 Å². The molecule has 3 heterocycles. The summed E-state index contributed by atoms with van der Waals surface area (Å²) in [6.45, 7) is 2.24. The van der Waals surface area contributed by atoms with E-state index >= 15 is 0 Å². The lowest BCUT2D eigenvalue weighted by molar-refractivity contribution is -0.116. The third-order valence-corrected chi connectivity index (χ3v) is 6.21. The van der Waals surface area contributed by atoms with Crippen LogP contribution >= 0.6 is 0 Å². The molecule has 3 aliphatic rings. The fourth-order valence-electron chi connectivity index (χ4n) is 4.04. The zero-order valence-electron chi connectivity index (χ0n) is 17.1. The summed E-state index contributed by atoms with van der Waals surface area (Å²) in [7, 11) is 1.61. The molecule has 1 saturated heterocycles. The largest absolute Gasteiger partial charge is 0.367 e. The highest BCUT2D eigenvalue weighted by Crippen LogP contribution is 2.46. The number of carbonyl (C=O) groups is 2. The Morgan fingerprint density at radius 3 is 2.57 bits per heavy atom. The monoisotopic (exact) mass is 411 g/mol. The molecule has 0 aromatic carbocycles. The number of amides is 3. The summed E-state index contributed by atoms with van der Waals surface area (Å²) in [5.74, 6) is 1.77. The van der Waals surface area contributed by atoms with Crippen molar-refractivity contribution in [3.8, 4) is 0 Å². The molecule has 0 unspecified atom stereocenters. The van der Waals surface area contributed by atoms with Gasteiger partial charge in [-0.1, -0.05) is 6.92 Å². The third kappa shape index (κ3) is 3.46. The van der Waals surface area contributed by atoms with Gasteiger partial charge in [-0.25, -0.2) is 14.7 Å². The highest BCUT2D eigenvalue weighted by Gasteiger charge is 2.44. The number of rotatable bonds is 6. The van der Waals surface area contributed by atoms with Gasteiger partial charge in [-0.3, -0.25) is 4.79 Å². The quantitative estimate of drug-likeness (QED) is 0.696. The molecule has 0 spiro atoms. The molecule has 10 nitrogen and oxygen atoms in total. The maximum atomic E-state index is 12.1. The Morgan fingerprint density at radius 2 is 1.93 bits per heavy atom. The molecule has 3 fully saturated rings. The maximum Gasteiger partial charge on any atom is 0.331 e. The predicted octanol–water partition coefficient (Wildman–Crippen LogP) is 2.36. The van der Waals surface area contributed by atoms with Gasteiger partial charge in [0.1, 0.15) is 12.4 Å². The van der Waals surface area contributed by atoms with E-state index in [0.29, 0.717) is 11.6 Å². The minimum atomic E-state index is -0.326. The molecule has 30 heavy (non-hydrogen) atoms. The number of likely N-dealkylation sites (N-methyl/N-ethyl adjacent to an activating group) is 1. The minimum absolute atomic E-state index is 0.0736. The van der Waals surface area contributed by atoms with E-state index in [4.69, 9.17) is 4.52 Å². The van der Waals surface area contributed by atoms with Crippen LogP contribution in [0.5, 0.6) is 0 Å². The van der Waals surface area contributed by atoms with Crippen LogP contribution in [0.2, 0.25) is 0 Å². The van der Waals surface area contributed by atoms with Crippen LogP contribution in [-0.2, 0) is 10.2 Å². The molecule has 158 valence electrons. The highest BCUT2D eigenvalue weighted by atomic mass is 16.5. The van der Waals surface area contributed by atoms with Gasteiger partial charge in [0.15, 0.2) is 0 Å². The second-order valence-electron chi connectivity index (χ2n) is 8.75. The number of hydrogen-bond donors (Lipinski definition) is 2. The molecule has 2 aliphatic carbocycles.